The highest BCUT2D eigenvalue weighted by Gasteiger charge is 2.15. The summed E-state index contributed by atoms with van der Waals surface area (Å²) in [4.78, 5) is 8.08. The Morgan fingerprint density at radius 2 is 2.11 bits per heavy atom. The van der Waals surface area contributed by atoms with Crippen LogP contribution in [-0.4, -0.2) is 9.97 Å². The van der Waals surface area contributed by atoms with Crippen molar-refractivity contribution in [2.24, 2.45) is 5.73 Å². The summed E-state index contributed by atoms with van der Waals surface area (Å²) >= 11 is 0. The Morgan fingerprint density at radius 1 is 1.22 bits per heavy atom. The second-order valence-electron chi connectivity index (χ2n) is 3.94. The monoisotopic (exact) mass is 243 g/mol. The van der Waals surface area contributed by atoms with Crippen molar-refractivity contribution in [1.82, 2.24) is 9.97 Å². The van der Waals surface area contributed by atoms with E-state index in [1.54, 1.807) is 30.7 Å². The van der Waals surface area contributed by atoms with Crippen LogP contribution in [0.4, 0.5) is 4.39 Å². The second-order valence-corrected chi connectivity index (χ2v) is 3.94. The van der Waals surface area contributed by atoms with Crippen LogP contribution < -0.4 is 5.73 Å². The van der Waals surface area contributed by atoms with Gasteiger partial charge in [0, 0.05) is 17.8 Å². The molecule has 0 bridgehead atoms. The fourth-order valence-corrected chi connectivity index (χ4v) is 1.80. The Balaban J connectivity index is 2.04. The third kappa shape index (κ3) is 1.84. The minimum Gasteiger partial charge on any atom is -0.459 e. The zero-order valence-electron chi connectivity index (χ0n) is 9.38. The van der Waals surface area contributed by atoms with Gasteiger partial charge >= 0.3 is 0 Å². The van der Waals surface area contributed by atoms with E-state index >= 15 is 0 Å². The zero-order valence-corrected chi connectivity index (χ0v) is 9.38. The minimum atomic E-state index is -0.505. The molecule has 3 aromatic rings. The Hall–Kier alpha value is -2.27. The Bertz CT molecular complexity index is 681. The van der Waals surface area contributed by atoms with Gasteiger partial charge in [0.25, 0.3) is 0 Å². The molecule has 0 aliphatic heterocycles. The lowest BCUT2D eigenvalue weighted by Crippen LogP contribution is -2.12. The fourth-order valence-electron chi connectivity index (χ4n) is 1.80. The summed E-state index contributed by atoms with van der Waals surface area (Å²) in [7, 11) is 0. The van der Waals surface area contributed by atoms with Gasteiger partial charge in [-0.3, -0.25) is 9.97 Å². The predicted molar refractivity (Wildman–Crippen MR) is 64.2 cm³/mol. The van der Waals surface area contributed by atoms with E-state index < -0.39 is 6.04 Å². The summed E-state index contributed by atoms with van der Waals surface area (Å²) in [6.45, 7) is 0. The molecule has 0 spiro atoms. The average Bonchev–Trinajstić information content (AvgIpc) is 2.81. The molecule has 3 rings (SSSR count). The molecule has 90 valence electrons. The summed E-state index contributed by atoms with van der Waals surface area (Å²) in [5.74, 6) is 0.235. The van der Waals surface area contributed by atoms with Crippen LogP contribution in [0.5, 0.6) is 0 Å². The first-order chi connectivity index (χ1) is 8.74. The molecule has 0 amide bonds. The summed E-state index contributed by atoms with van der Waals surface area (Å²) in [5, 5.41) is 0.685. The molecule has 1 unspecified atom stereocenters. The fraction of sp³-hybridized carbons (Fsp3) is 0.0769. The molecule has 2 heterocycles. The molecule has 0 saturated heterocycles. The SMILES string of the molecule is NC(c1cnccn1)c1cc2cc(F)ccc2o1. The number of aromatic nitrogens is 2. The topological polar surface area (TPSA) is 64.9 Å². The Morgan fingerprint density at radius 3 is 2.89 bits per heavy atom. The van der Waals surface area contributed by atoms with Gasteiger partial charge in [0.05, 0.1) is 11.9 Å². The largest absolute Gasteiger partial charge is 0.459 e. The number of rotatable bonds is 2. The number of fused-ring (bicyclic) bond motifs is 1. The van der Waals surface area contributed by atoms with Crippen molar-refractivity contribution in [3.63, 3.8) is 0 Å². The van der Waals surface area contributed by atoms with Gasteiger partial charge in [-0.25, -0.2) is 4.39 Å². The van der Waals surface area contributed by atoms with E-state index in [9.17, 15) is 4.39 Å². The molecule has 0 saturated carbocycles. The molecule has 0 fully saturated rings. The summed E-state index contributed by atoms with van der Waals surface area (Å²) in [6, 6.07) is 5.55. The summed E-state index contributed by atoms with van der Waals surface area (Å²) in [5.41, 5.74) is 7.24. The number of hydrogen-bond acceptors (Lipinski definition) is 4. The molecular formula is C13H10FN3O. The van der Waals surface area contributed by atoms with Crippen molar-refractivity contribution < 1.29 is 8.81 Å². The minimum absolute atomic E-state index is 0.303. The molecule has 1 aromatic carbocycles. The summed E-state index contributed by atoms with van der Waals surface area (Å²) in [6.07, 6.45) is 4.72. The Kier molecular flexibility index (Phi) is 2.53. The number of hydrogen-bond donors (Lipinski definition) is 1. The molecule has 1 atom stereocenters. The lowest BCUT2D eigenvalue weighted by atomic mass is 10.1. The number of benzene rings is 1. The van der Waals surface area contributed by atoms with E-state index in [1.807, 2.05) is 0 Å². The first-order valence-corrected chi connectivity index (χ1v) is 5.44. The van der Waals surface area contributed by atoms with Crippen molar-refractivity contribution >= 4 is 11.0 Å². The van der Waals surface area contributed by atoms with Crippen molar-refractivity contribution in [2.75, 3.05) is 0 Å². The highest BCUT2D eigenvalue weighted by Crippen LogP contribution is 2.26. The van der Waals surface area contributed by atoms with Crippen LogP contribution >= 0.6 is 0 Å². The molecule has 18 heavy (non-hydrogen) atoms. The van der Waals surface area contributed by atoms with Gasteiger partial charge in [-0.15, -0.1) is 0 Å². The molecule has 4 nitrogen and oxygen atoms in total. The van der Waals surface area contributed by atoms with E-state index in [2.05, 4.69) is 9.97 Å². The van der Waals surface area contributed by atoms with Crippen LogP contribution in [-0.2, 0) is 0 Å². The van der Waals surface area contributed by atoms with Crippen LogP contribution in [0.1, 0.15) is 17.5 Å². The van der Waals surface area contributed by atoms with E-state index in [1.165, 1.54) is 12.1 Å². The molecule has 0 radical (unpaired) electrons. The van der Waals surface area contributed by atoms with Gasteiger partial charge < -0.3 is 10.2 Å². The number of furan rings is 1. The van der Waals surface area contributed by atoms with Crippen molar-refractivity contribution in [3.05, 3.63) is 60.1 Å². The Labute approximate surface area is 102 Å². The van der Waals surface area contributed by atoms with Crippen molar-refractivity contribution in [2.45, 2.75) is 6.04 Å². The van der Waals surface area contributed by atoms with Gasteiger partial charge in [-0.2, -0.15) is 0 Å². The maximum atomic E-state index is 13.1. The number of nitrogens with two attached hydrogens (primary N) is 1. The maximum Gasteiger partial charge on any atom is 0.134 e. The van der Waals surface area contributed by atoms with Gasteiger partial charge in [0.1, 0.15) is 23.2 Å². The van der Waals surface area contributed by atoms with Crippen molar-refractivity contribution in [3.8, 4) is 0 Å². The lowest BCUT2D eigenvalue weighted by molar-refractivity contribution is 0.519. The first kappa shape index (κ1) is 10.9. The third-order valence-electron chi connectivity index (χ3n) is 2.71. The first-order valence-electron chi connectivity index (χ1n) is 5.44. The predicted octanol–water partition coefficient (Wildman–Crippen LogP) is 2.41. The van der Waals surface area contributed by atoms with Gasteiger partial charge in [0.15, 0.2) is 0 Å². The highest BCUT2D eigenvalue weighted by atomic mass is 19.1. The molecular weight excluding hydrogens is 233 g/mol. The summed E-state index contributed by atoms with van der Waals surface area (Å²) < 4.78 is 18.7. The molecule has 0 aliphatic carbocycles. The maximum absolute atomic E-state index is 13.1. The molecule has 2 aromatic heterocycles. The quantitative estimate of drug-likeness (QED) is 0.750. The van der Waals surface area contributed by atoms with Gasteiger partial charge in [-0.1, -0.05) is 0 Å². The van der Waals surface area contributed by atoms with E-state index in [4.69, 9.17) is 10.2 Å². The standard InChI is InChI=1S/C13H10FN3O/c14-9-1-2-11-8(5-9)6-12(18-11)13(15)10-7-16-3-4-17-10/h1-7,13H,15H2. The van der Waals surface area contributed by atoms with Gasteiger partial charge in [-0.05, 0) is 24.3 Å². The molecule has 5 heteroatoms. The van der Waals surface area contributed by atoms with E-state index in [0.717, 1.165) is 0 Å². The zero-order chi connectivity index (χ0) is 12.5. The molecule has 2 N–H and O–H groups in total. The molecule has 0 aliphatic rings. The van der Waals surface area contributed by atoms with Crippen molar-refractivity contribution in [1.29, 1.82) is 0 Å². The van der Waals surface area contributed by atoms with Crippen LogP contribution in [0.2, 0.25) is 0 Å². The highest BCUT2D eigenvalue weighted by molar-refractivity contribution is 5.78. The average molecular weight is 243 g/mol. The van der Waals surface area contributed by atoms with Gasteiger partial charge in [0.2, 0.25) is 0 Å². The van der Waals surface area contributed by atoms with Crippen LogP contribution in [0.15, 0.2) is 47.3 Å². The second kappa shape index (κ2) is 4.19. The van der Waals surface area contributed by atoms with Crippen LogP contribution in [0.25, 0.3) is 11.0 Å². The number of halogens is 1. The normalized spacial score (nSPS) is 12.8. The third-order valence-corrected chi connectivity index (χ3v) is 2.71. The van der Waals surface area contributed by atoms with Crippen LogP contribution in [0.3, 0.4) is 0 Å². The smallest absolute Gasteiger partial charge is 0.134 e. The van der Waals surface area contributed by atoms with Crippen LogP contribution in [0, 0.1) is 5.82 Å². The van der Waals surface area contributed by atoms with E-state index in [0.29, 0.717) is 22.4 Å². The lowest BCUT2D eigenvalue weighted by Gasteiger charge is -2.06. The van der Waals surface area contributed by atoms with E-state index in [-0.39, 0.29) is 5.82 Å². The number of nitrogens with zero attached hydrogens (tertiary/aromatic N) is 2.